The van der Waals surface area contributed by atoms with Crippen LogP contribution in [0.4, 0.5) is 4.79 Å². The highest BCUT2D eigenvalue weighted by Gasteiger charge is 2.49. The van der Waals surface area contributed by atoms with Crippen LogP contribution in [-0.2, 0) is 21.7 Å². The molecule has 8 heteroatoms. The highest BCUT2D eigenvalue weighted by Crippen LogP contribution is 2.30. The number of imide groups is 1. The van der Waals surface area contributed by atoms with Gasteiger partial charge in [-0.1, -0.05) is 34.1 Å². The Hall–Kier alpha value is -2.19. The van der Waals surface area contributed by atoms with Crippen molar-refractivity contribution in [3.8, 4) is 0 Å². The normalized spacial score (nSPS) is 19.8. The second-order valence-corrected chi connectivity index (χ2v) is 7.76. The van der Waals surface area contributed by atoms with Crippen molar-refractivity contribution in [2.45, 2.75) is 19.0 Å². The molecule has 1 aromatic carbocycles. The van der Waals surface area contributed by atoms with Crippen LogP contribution >= 0.6 is 27.3 Å². The Morgan fingerprint density at radius 2 is 2.12 bits per heavy atom. The molecule has 4 amide bonds. The van der Waals surface area contributed by atoms with Crippen LogP contribution in [0.2, 0.25) is 0 Å². The molecule has 2 aromatic rings. The van der Waals surface area contributed by atoms with Gasteiger partial charge in [-0.05, 0) is 36.1 Å². The monoisotopic (exact) mass is 421 g/mol. The fourth-order valence-electron chi connectivity index (χ4n) is 2.63. The van der Waals surface area contributed by atoms with E-state index in [9.17, 15) is 14.4 Å². The van der Waals surface area contributed by atoms with Crippen LogP contribution in [-0.4, -0.2) is 29.3 Å². The van der Waals surface area contributed by atoms with E-state index in [-0.39, 0.29) is 12.5 Å². The average molecular weight is 422 g/mol. The molecule has 1 aliphatic rings. The summed E-state index contributed by atoms with van der Waals surface area (Å²) >= 11 is 4.89. The minimum atomic E-state index is -1.19. The number of rotatable bonds is 5. The van der Waals surface area contributed by atoms with E-state index in [2.05, 4.69) is 26.6 Å². The number of amides is 4. The Bertz CT molecular complexity index is 824. The van der Waals surface area contributed by atoms with Crippen molar-refractivity contribution in [2.75, 3.05) is 6.54 Å². The maximum Gasteiger partial charge on any atom is 0.325 e. The summed E-state index contributed by atoms with van der Waals surface area (Å²) in [6.07, 6.45) is 0. The quantitative estimate of drug-likeness (QED) is 0.728. The third-order valence-electron chi connectivity index (χ3n) is 4.02. The summed E-state index contributed by atoms with van der Waals surface area (Å²) in [7, 11) is 0. The number of nitrogens with one attached hydrogen (secondary N) is 2. The fourth-order valence-corrected chi connectivity index (χ4v) is 3.68. The van der Waals surface area contributed by atoms with Crippen LogP contribution < -0.4 is 10.6 Å². The van der Waals surface area contributed by atoms with E-state index in [0.717, 1.165) is 14.2 Å². The first-order valence-electron chi connectivity index (χ1n) is 7.59. The molecule has 25 heavy (non-hydrogen) atoms. The zero-order valence-corrected chi connectivity index (χ0v) is 15.8. The van der Waals surface area contributed by atoms with Gasteiger partial charge >= 0.3 is 6.03 Å². The number of carbonyl (C=O) groups excluding carboxylic acids is 3. The molecule has 2 N–H and O–H groups in total. The summed E-state index contributed by atoms with van der Waals surface area (Å²) < 4.78 is 0.806. The van der Waals surface area contributed by atoms with Crippen molar-refractivity contribution < 1.29 is 14.4 Å². The third-order valence-corrected chi connectivity index (χ3v) is 5.39. The number of benzene rings is 1. The number of hydrogen-bond donors (Lipinski definition) is 2. The zero-order valence-electron chi connectivity index (χ0n) is 13.4. The molecule has 3 rings (SSSR count). The number of carbonyl (C=O) groups is 3. The van der Waals surface area contributed by atoms with Gasteiger partial charge in [0.25, 0.3) is 5.91 Å². The van der Waals surface area contributed by atoms with E-state index in [1.165, 1.54) is 11.3 Å². The molecule has 0 spiro atoms. The first kappa shape index (κ1) is 17.6. The molecule has 2 heterocycles. The van der Waals surface area contributed by atoms with Crippen LogP contribution in [0.3, 0.4) is 0 Å². The maximum atomic E-state index is 12.8. The molecule has 1 fully saturated rings. The molecular formula is C17H16BrN3O3S. The van der Waals surface area contributed by atoms with Gasteiger partial charge in [0.15, 0.2) is 0 Å². The second-order valence-electron chi connectivity index (χ2n) is 5.81. The van der Waals surface area contributed by atoms with Crippen molar-refractivity contribution >= 4 is 45.1 Å². The first-order valence-corrected chi connectivity index (χ1v) is 9.26. The highest BCUT2D eigenvalue weighted by molar-refractivity contribution is 9.10. The molecule has 1 atom stereocenters. The van der Waals surface area contributed by atoms with Gasteiger partial charge in [-0.25, -0.2) is 4.79 Å². The minimum absolute atomic E-state index is 0.306. The molecule has 6 nitrogen and oxygen atoms in total. The molecule has 130 valence electrons. The van der Waals surface area contributed by atoms with Crippen LogP contribution in [0.25, 0.3) is 0 Å². The van der Waals surface area contributed by atoms with Crippen LogP contribution in [0, 0.1) is 0 Å². The fraction of sp³-hybridized carbons (Fsp3) is 0.235. The van der Waals surface area contributed by atoms with Crippen molar-refractivity contribution in [3.63, 3.8) is 0 Å². The van der Waals surface area contributed by atoms with E-state index in [1.807, 2.05) is 23.6 Å². The predicted octanol–water partition coefficient (Wildman–Crippen LogP) is 2.59. The molecule has 0 radical (unpaired) electrons. The van der Waals surface area contributed by atoms with Gasteiger partial charge in [0.2, 0.25) is 5.91 Å². The number of halogens is 1. The van der Waals surface area contributed by atoms with Crippen molar-refractivity contribution in [1.29, 1.82) is 0 Å². The van der Waals surface area contributed by atoms with Crippen molar-refractivity contribution in [3.05, 3.63) is 56.7 Å². The number of hydrogen-bond acceptors (Lipinski definition) is 4. The zero-order chi connectivity index (χ0) is 18.0. The summed E-state index contributed by atoms with van der Waals surface area (Å²) in [5.41, 5.74) is -0.531. The molecule has 0 unspecified atom stereocenters. The van der Waals surface area contributed by atoms with E-state index < -0.39 is 17.5 Å². The van der Waals surface area contributed by atoms with Crippen molar-refractivity contribution in [2.24, 2.45) is 0 Å². The molecule has 1 aliphatic heterocycles. The van der Waals surface area contributed by atoms with Gasteiger partial charge in [-0.2, -0.15) is 0 Å². The summed E-state index contributed by atoms with van der Waals surface area (Å²) in [4.78, 5) is 39.1. The summed E-state index contributed by atoms with van der Waals surface area (Å²) in [5.74, 6) is -0.822. The first-order chi connectivity index (χ1) is 11.9. The van der Waals surface area contributed by atoms with E-state index in [0.29, 0.717) is 12.1 Å². The van der Waals surface area contributed by atoms with Crippen LogP contribution in [0.1, 0.15) is 17.4 Å². The summed E-state index contributed by atoms with van der Waals surface area (Å²) in [6.45, 7) is 1.71. The molecule has 1 aromatic heterocycles. The van der Waals surface area contributed by atoms with Crippen molar-refractivity contribution in [1.82, 2.24) is 15.5 Å². The van der Waals surface area contributed by atoms with Gasteiger partial charge in [-0.15, -0.1) is 11.3 Å². The second kappa shape index (κ2) is 6.97. The van der Waals surface area contributed by atoms with Gasteiger partial charge < -0.3 is 10.6 Å². The smallest absolute Gasteiger partial charge is 0.325 e. The Kier molecular flexibility index (Phi) is 4.91. The SMILES string of the molecule is C[C@]1(c2cccc(Br)c2)NC(=O)N(CC(=O)NCc2cccs2)C1=O. The number of urea groups is 1. The molecule has 0 aliphatic carbocycles. The average Bonchev–Trinajstić information content (AvgIpc) is 3.16. The standard InChI is InChI=1S/C17H16BrN3O3S/c1-17(11-4-2-5-12(18)8-11)15(23)21(16(24)20-17)10-14(22)19-9-13-6-3-7-25-13/h2-8H,9-10H2,1H3,(H,19,22)(H,20,24)/t17-/m1/s1. The van der Waals surface area contributed by atoms with E-state index >= 15 is 0 Å². The van der Waals surface area contributed by atoms with Gasteiger partial charge in [0.05, 0.1) is 6.54 Å². The van der Waals surface area contributed by atoms with Gasteiger partial charge in [-0.3, -0.25) is 14.5 Å². The Morgan fingerprint density at radius 1 is 1.32 bits per heavy atom. The Balaban J connectivity index is 1.69. The summed E-state index contributed by atoms with van der Waals surface area (Å²) in [6, 6.07) is 10.4. The molecule has 0 saturated carbocycles. The molecule has 1 saturated heterocycles. The van der Waals surface area contributed by atoms with E-state index in [4.69, 9.17) is 0 Å². The van der Waals surface area contributed by atoms with E-state index in [1.54, 1.807) is 25.1 Å². The lowest BCUT2D eigenvalue weighted by Gasteiger charge is -2.22. The van der Waals surface area contributed by atoms with Crippen LogP contribution in [0.5, 0.6) is 0 Å². The minimum Gasteiger partial charge on any atom is -0.350 e. The topological polar surface area (TPSA) is 78.5 Å². The Morgan fingerprint density at radius 3 is 2.80 bits per heavy atom. The van der Waals surface area contributed by atoms with Crippen LogP contribution in [0.15, 0.2) is 46.3 Å². The lowest BCUT2D eigenvalue weighted by atomic mass is 9.92. The number of thiophene rings is 1. The summed E-state index contributed by atoms with van der Waals surface area (Å²) in [5, 5.41) is 7.33. The maximum absolute atomic E-state index is 12.8. The Labute approximate surface area is 157 Å². The largest absolute Gasteiger partial charge is 0.350 e. The predicted molar refractivity (Wildman–Crippen MR) is 97.9 cm³/mol. The number of nitrogens with zero attached hydrogens (tertiary/aromatic N) is 1. The van der Waals surface area contributed by atoms with Gasteiger partial charge in [0.1, 0.15) is 12.1 Å². The highest BCUT2D eigenvalue weighted by atomic mass is 79.9. The molecular weight excluding hydrogens is 406 g/mol. The lowest BCUT2D eigenvalue weighted by Crippen LogP contribution is -2.43. The van der Waals surface area contributed by atoms with Gasteiger partial charge in [0, 0.05) is 9.35 Å². The molecule has 0 bridgehead atoms. The lowest BCUT2D eigenvalue weighted by molar-refractivity contribution is -0.134. The third kappa shape index (κ3) is 3.59.